The van der Waals surface area contributed by atoms with E-state index in [2.05, 4.69) is 72.8 Å². The van der Waals surface area contributed by atoms with Crippen LogP contribution in [0.25, 0.3) is 0 Å². The summed E-state index contributed by atoms with van der Waals surface area (Å²) in [6.45, 7) is 0. The summed E-state index contributed by atoms with van der Waals surface area (Å²) in [5.41, 5.74) is 0. The van der Waals surface area contributed by atoms with E-state index in [4.69, 9.17) is 4.74 Å². The summed E-state index contributed by atoms with van der Waals surface area (Å²) in [6, 6.07) is 29.7. The van der Waals surface area contributed by atoms with Crippen molar-refractivity contribution in [3.05, 3.63) is 84.9 Å². The lowest BCUT2D eigenvalue weighted by molar-refractivity contribution is -0.333. The van der Waals surface area contributed by atoms with Gasteiger partial charge in [-0.15, -0.1) is 0 Å². The van der Waals surface area contributed by atoms with Gasteiger partial charge in [0, 0.05) is 0 Å². The van der Waals surface area contributed by atoms with Gasteiger partial charge in [0.05, 0.1) is 18.0 Å². The minimum atomic E-state index is -7.10. The minimum Gasteiger partial charge on any atom is -0.743 e. The fraction of sp³-hybridized carbons (Fsp3) is 0.182. The van der Waals surface area contributed by atoms with E-state index in [1.54, 1.807) is 7.11 Å². The molecule has 0 saturated heterocycles. The number of hydrogen-bond acceptors (Lipinski definition) is 4. The van der Waals surface area contributed by atoms with E-state index in [0.717, 1.165) is 5.75 Å². The van der Waals surface area contributed by atoms with E-state index in [-0.39, 0.29) is 10.9 Å². The molecule has 190 valence electrons. The zero-order valence-electron chi connectivity index (χ0n) is 17.7. The molecule has 0 aliphatic carbocycles. The van der Waals surface area contributed by atoms with Crippen LogP contribution in [0.5, 0.6) is 5.75 Å². The van der Waals surface area contributed by atoms with Crippen molar-refractivity contribution in [1.29, 1.82) is 0 Å². The molecule has 35 heavy (non-hydrogen) atoms. The Morgan fingerprint density at radius 1 is 0.686 bits per heavy atom. The van der Waals surface area contributed by atoms with Crippen LogP contribution in [0.15, 0.2) is 99.6 Å². The van der Waals surface area contributed by atoms with Gasteiger partial charge in [0.25, 0.3) is 0 Å². The predicted octanol–water partition coefficient (Wildman–Crippen LogP) is 6.11. The third-order valence-electron chi connectivity index (χ3n) is 4.29. The molecule has 0 aromatic heterocycles. The SMILES string of the molecule is COc1ccc([S+](c2ccccc2)c2ccccc2)cc1.O=S(=O)([O-])C(F)(F)C(F)(F)C(F)(F)F. The van der Waals surface area contributed by atoms with E-state index in [9.17, 15) is 43.7 Å². The molecule has 0 N–H and O–H groups in total. The number of rotatable bonds is 6. The van der Waals surface area contributed by atoms with Gasteiger partial charge in [0.2, 0.25) is 0 Å². The van der Waals surface area contributed by atoms with E-state index < -0.39 is 27.5 Å². The van der Waals surface area contributed by atoms with Gasteiger partial charge >= 0.3 is 17.4 Å². The normalized spacial score (nSPS) is 12.6. The first-order valence-electron chi connectivity index (χ1n) is 9.39. The van der Waals surface area contributed by atoms with Gasteiger partial charge < -0.3 is 9.29 Å². The molecule has 0 amide bonds. The van der Waals surface area contributed by atoms with Crippen molar-refractivity contribution in [1.82, 2.24) is 0 Å². The number of benzene rings is 3. The van der Waals surface area contributed by atoms with Crippen LogP contribution in [0, 0.1) is 0 Å². The summed E-state index contributed by atoms with van der Waals surface area (Å²) >= 11 is 0. The minimum absolute atomic E-state index is 0.0804. The Labute approximate surface area is 199 Å². The summed E-state index contributed by atoms with van der Waals surface area (Å²) in [5.74, 6) is -6.02. The second-order valence-electron chi connectivity index (χ2n) is 6.65. The maximum absolute atomic E-state index is 11.8. The van der Waals surface area contributed by atoms with Crippen LogP contribution in [-0.4, -0.2) is 37.4 Å². The molecule has 0 aliphatic rings. The van der Waals surface area contributed by atoms with Crippen molar-refractivity contribution in [3.8, 4) is 5.75 Å². The Morgan fingerprint density at radius 2 is 1.06 bits per heavy atom. The monoisotopic (exact) mass is 542 g/mol. The standard InChI is InChI=1S/C19H17OS.C3HF7O3S/c1-20-16-12-14-19(15-13-16)21(17-8-4-2-5-9-17)18-10-6-3-7-11-18;4-1(5,2(6,7)8)3(9,10)14(11,12)13/h2-15H,1H3;(H,11,12,13)/q+1;/p-1. The molecule has 3 aromatic carbocycles. The van der Waals surface area contributed by atoms with Gasteiger partial charge in [0.15, 0.2) is 24.8 Å². The number of methoxy groups -OCH3 is 1. The molecule has 0 radical (unpaired) electrons. The molecule has 0 atom stereocenters. The third kappa shape index (κ3) is 6.47. The first-order valence-corrected chi connectivity index (χ1v) is 12.0. The highest BCUT2D eigenvalue weighted by atomic mass is 32.2. The second kappa shape index (κ2) is 10.9. The molecule has 0 saturated carbocycles. The molecule has 0 spiro atoms. The summed E-state index contributed by atoms with van der Waals surface area (Å²) in [5, 5.41) is -6.72. The van der Waals surface area contributed by atoms with Crippen molar-refractivity contribution < 1.29 is 48.4 Å². The quantitative estimate of drug-likeness (QED) is 0.214. The summed E-state index contributed by atoms with van der Waals surface area (Å²) < 4.78 is 114. The smallest absolute Gasteiger partial charge is 0.461 e. The summed E-state index contributed by atoms with van der Waals surface area (Å²) in [6.07, 6.45) is -6.83. The first-order chi connectivity index (χ1) is 16.1. The molecule has 0 fully saturated rings. The van der Waals surface area contributed by atoms with Gasteiger partial charge in [-0.25, -0.2) is 8.42 Å². The number of ether oxygens (including phenoxy) is 1. The topological polar surface area (TPSA) is 66.4 Å². The fourth-order valence-electron chi connectivity index (χ4n) is 2.56. The summed E-state index contributed by atoms with van der Waals surface area (Å²) in [7, 11) is -5.48. The van der Waals surface area contributed by atoms with Crippen LogP contribution in [0.3, 0.4) is 0 Å². The highest BCUT2D eigenvalue weighted by Gasteiger charge is 2.76. The highest BCUT2D eigenvalue weighted by molar-refractivity contribution is 7.97. The molecule has 13 heteroatoms. The van der Waals surface area contributed by atoms with Crippen molar-refractivity contribution in [2.45, 2.75) is 32.0 Å². The molecule has 0 heterocycles. The van der Waals surface area contributed by atoms with Gasteiger partial charge in [0.1, 0.15) is 5.75 Å². The largest absolute Gasteiger partial charge is 0.743 e. The van der Waals surface area contributed by atoms with Crippen LogP contribution >= 0.6 is 0 Å². The molecule has 3 rings (SSSR count). The maximum Gasteiger partial charge on any atom is 0.461 e. The average molecular weight is 542 g/mol. The molecule has 0 aliphatic heterocycles. The second-order valence-corrected chi connectivity index (χ2v) is 10.1. The maximum atomic E-state index is 11.8. The lowest BCUT2D eigenvalue weighted by Crippen LogP contribution is -2.55. The van der Waals surface area contributed by atoms with Crippen LogP contribution < -0.4 is 4.74 Å². The van der Waals surface area contributed by atoms with E-state index in [0.29, 0.717) is 0 Å². The van der Waals surface area contributed by atoms with Gasteiger partial charge in [-0.1, -0.05) is 36.4 Å². The molecular weight excluding hydrogens is 525 g/mol. The lowest BCUT2D eigenvalue weighted by Gasteiger charge is -2.29. The van der Waals surface area contributed by atoms with Crippen molar-refractivity contribution in [2.75, 3.05) is 7.11 Å². The van der Waals surface area contributed by atoms with Gasteiger partial charge in [-0.05, 0) is 48.5 Å². The number of alkyl halides is 7. The fourth-order valence-corrected chi connectivity index (χ4v) is 5.07. The Kier molecular flexibility index (Phi) is 8.84. The Bertz CT molecular complexity index is 1150. The number of halogens is 7. The van der Waals surface area contributed by atoms with Crippen LogP contribution in [0.2, 0.25) is 0 Å². The van der Waals surface area contributed by atoms with Crippen molar-refractivity contribution >= 4 is 21.0 Å². The molecular formula is C22H17F7O4S2. The molecule has 4 nitrogen and oxygen atoms in total. The van der Waals surface area contributed by atoms with E-state index in [1.165, 1.54) is 14.7 Å². The van der Waals surface area contributed by atoms with Crippen molar-refractivity contribution in [2.24, 2.45) is 0 Å². The summed E-state index contributed by atoms with van der Waals surface area (Å²) in [4.78, 5) is 3.95. The molecule has 0 bridgehead atoms. The lowest BCUT2D eigenvalue weighted by atomic mass is 10.3. The van der Waals surface area contributed by atoms with Crippen LogP contribution in [0.1, 0.15) is 0 Å². The Hall–Kier alpha value is -2.77. The number of hydrogen-bond donors (Lipinski definition) is 0. The zero-order chi connectivity index (χ0) is 26.5. The molecule has 3 aromatic rings. The highest BCUT2D eigenvalue weighted by Crippen LogP contribution is 2.48. The van der Waals surface area contributed by atoms with E-state index >= 15 is 0 Å². The third-order valence-corrected chi connectivity index (χ3v) is 7.40. The van der Waals surface area contributed by atoms with Crippen LogP contribution in [0.4, 0.5) is 30.7 Å². The Morgan fingerprint density at radius 3 is 1.34 bits per heavy atom. The zero-order valence-corrected chi connectivity index (χ0v) is 19.3. The average Bonchev–Trinajstić information content (AvgIpc) is 2.80. The van der Waals surface area contributed by atoms with E-state index in [1.807, 2.05) is 12.1 Å². The van der Waals surface area contributed by atoms with Crippen LogP contribution in [-0.2, 0) is 21.0 Å². The van der Waals surface area contributed by atoms with Gasteiger partial charge in [-0.3, -0.25) is 0 Å². The van der Waals surface area contributed by atoms with Crippen molar-refractivity contribution in [3.63, 3.8) is 0 Å². The molecule has 0 unspecified atom stereocenters. The predicted molar refractivity (Wildman–Crippen MR) is 114 cm³/mol. The Balaban J connectivity index is 0.000000271. The van der Waals surface area contributed by atoms with Gasteiger partial charge in [-0.2, -0.15) is 30.7 Å². The first kappa shape index (κ1) is 28.5.